The van der Waals surface area contributed by atoms with Gasteiger partial charge in [0.25, 0.3) is 0 Å². The van der Waals surface area contributed by atoms with E-state index in [-0.39, 0.29) is 25.0 Å². The summed E-state index contributed by atoms with van der Waals surface area (Å²) in [6.07, 6.45) is 1.81. The van der Waals surface area contributed by atoms with Crippen LogP contribution in [0.4, 0.5) is 0 Å². The van der Waals surface area contributed by atoms with E-state index in [4.69, 9.17) is 9.59 Å². The molecule has 0 heterocycles. The van der Waals surface area contributed by atoms with E-state index >= 15 is 0 Å². The zero-order valence-corrected chi connectivity index (χ0v) is 4.44. The van der Waals surface area contributed by atoms with E-state index in [1.807, 2.05) is 0 Å². The third-order valence-corrected chi connectivity index (χ3v) is 0.167. The first-order valence-electron chi connectivity index (χ1n) is 1.20. The zero-order chi connectivity index (χ0) is 4.12. The molecule has 0 spiro atoms. The van der Waals surface area contributed by atoms with Crippen molar-refractivity contribution in [1.82, 2.24) is 0 Å². The predicted molar refractivity (Wildman–Crippen MR) is 16.4 cm³/mol. The van der Waals surface area contributed by atoms with E-state index < -0.39 is 0 Å². The third-order valence-electron chi connectivity index (χ3n) is 0.167. The number of carbonyl (C=O) groups excluding carboxylic acids is 2. The molecule has 3 heteroatoms. The van der Waals surface area contributed by atoms with Gasteiger partial charge in [0, 0.05) is 18.6 Å². The molecule has 0 atom stereocenters. The maximum absolute atomic E-state index is 9.14. The summed E-state index contributed by atoms with van der Waals surface area (Å²) < 4.78 is 0. The monoisotopic (exact) mass is 122 g/mol. The van der Waals surface area contributed by atoms with E-state index in [0.717, 1.165) is 0 Å². The van der Waals surface area contributed by atoms with Crippen LogP contribution in [0.2, 0.25) is 0 Å². The molecule has 1 radical (unpaired) electrons. The number of carbonyl (C=O) groups is 1. The van der Waals surface area contributed by atoms with Gasteiger partial charge in [-0.3, -0.25) is 6.29 Å². The molecule has 0 N–H and O–H groups in total. The molecule has 0 aliphatic carbocycles. The van der Waals surface area contributed by atoms with Crippen molar-refractivity contribution in [3.05, 3.63) is 0 Å². The van der Waals surface area contributed by atoms with Gasteiger partial charge in [0.05, 0.1) is 6.29 Å². The molecular formula is C3H3O2V-. The van der Waals surface area contributed by atoms with Crippen LogP contribution in [-0.2, 0) is 28.1 Å². The minimum atomic E-state index is -0.0972. The van der Waals surface area contributed by atoms with Gasteiger partial charge in [-0.15, -0.1) is 0 Å². The van der Waals surface area contributed by atoms with Gasteiger partial charge in [0.1, 0.15) is 0 Å². The normalized spacial score (nSPS) is 5.33. The van der Waals surface area contributed by atoms with Crippen molar-refractivity contribution in [2.75, 3.05) is 0 Å². The average Bonchev–Trinajstić information content (AvgIpc) is 1.41. The molecule has 0 fully saturated rings. The third kappa shape index (κ3) is 9.06. The van der Waals surface area contributed by atoms with Crippen molar-refractivity contribution in [3.8, 4) is 0 Å². The molecule has 0 aromatic rings. The molecule has 0 unspecified atom stereocenters. The summed E-state index contributed by atoms with van der Waals surface area (Å²) in [6, 6.07) is 0. The van der Waals surface area contributed by atoms with Crippen LogP contribution in [0.5, 0.6) is 0 Å². The molecule has 0 aromatic carbocycles. The van der Waals surface area contributed by atoms with E-state index in [1.54, 1.807) is 0 Å². The second-order valence-electron chi connectivity index (χ2n) is 0.515. The molecule has 2 nitrogen and oxygen atoms in total. The van der Waals surface area contributed by atoms with Gasteiger partial charge in [-0.25, -0.2) is 0 Å². The van der Waals surface area contributed by atoms with Crippen molar-refractivity contribution >= 4 is 12.6 Å². The molecule has 6 heavy (non-hydrogen) atoms. The van der Waals surface area contributed by atoms with Crippen LogP contribution in [0, 0.1) is 0 Å². The van der Waals surface area contributed by atoms with Crippen LogP contribution in [-0.4, -0.2) is 12.6 Å². The Bertz CT molecular complexity index is 38.1. The van der Waals surface area contributed by atoms with E-state index in [0.29, 0.717) is 6.29 Å². The fraction of sp³-hybridized carbons (Fsp3) is 0.333. The average molecular weight is 122 g/mol. The first-order valence-corrected chi connectivity index (χ1v) is 1.20. The topological polar surface area (TPSA) is 34.1 Å². The maximum atomic E-state index is 9.14. The summed E-state index contributed by atoms with van der Waals surface area (Å²) >= 11 is 0. The van der Waals surface area contributed by atoms with E-state index in [2.05, 4.69) is 0 Å². The number of aldehydes is 1. The maximum Gasteiger partial charge on any atom is 0.0933 e. The zero-order valence-electron chi connectivity index (χ0n) is 3.05. The van der Waals surface area contributed by atoms with Crippen molar-refractivity contribution in [3.63, 3.8) is 0 Å². The second kappa shape index (κ2) is 8.87. The Kier molecular flexibility index (Phi) is 13.8. The van der Waals surface area contributed by atoms with Gasteiger partial charge in [-0.2, -0.15) is 0 Å². The molecule has 0 aliphatic heterocycles. The largest absolute Gasteiger partial charge is 0.541 e. The van der Waals surface area contributed by atoms with Crippen LogP contribution in [0.1, 0.15) is 6.42 Å². The molecule has 0 aliphatic rings. The minimum Gasteiger partial charge on any atom is -0.541 e. The van der Waals surface area contributed by atoms with Crippen molar-refractivity contribution in [2.45, 2.75) is 6.42 Å². The molecule has 33 valence electrons. The predicted octanol–water partition coefficient (Wildman–Crippen LogP) is -0.317. The van der Waals surface area contributed by atoms with Crippen molar-refractivity contribution < 1.29 is 28.1 Å². The SMILES string of the molecule is O=[C-]CC=O.[V]. The van der Waals surface area contributed by atoms with Crippen LogP contribution >= 0.6 is 0 Å². The summed E-state index contributed by atoms with van der Waals surface area (Å²) in [5.74, 6) is 0. The molecule has 0 rings (SSSR count). The first-order chi connectivity index (χ1) is 2.41. The molecule has 0 aromatic heterocycles. The Hall–Kier alpha value is -0.0756. The Labute approximate surface area is 47.8 Å². The molecule has 0 saturated heterocycles. The second-order valence-corrected chi connectivity index (χ2v) is 0.515. The number of hydrogen-bond acceptors (Lipinski definition) is 2. The van der Waals surface area contributed by atoms with Gasteiger partial charge in [0.15, 0.2) is 0 Å². The fourth-order valence-electron chi connectivity index (χ4n) is 0.0340. The quantitative estimate of drug-likeness (QED) is 0.286. The van der Waals surface area contributed by atoms with Gasteiger partial charge < -0.3 is 9.59 Å². The first kappa shape index (κ1) is 9.33. The molecule has 0 saturated carbocycles. The summed E-state index contributed by atoms with van der Waals surface area (Å²) in [4.78, 5) is 18.2. The Balaban J connectivity index is 0. The fourth-order valence-corrected chi connectivity index (χ4v) is 0.0340. The Morgan fingerprint density at radius 1 is 1.67 bits per heavy atom. The van der Waals surface area contributed by atoms with Gasteiger partial charge in [0.2, 0.25) is 0 Å². The van der Waals surface area contributed by atoms with Crippen LogP contribution in [0.3, 0.4) is 0 Å². The van der Waals surface area contributed by atoms with Crippen molar-refractivity contribution in [2.24, 2.45) is 0 Å². The van der Waals surface area contributed by atoms with Crippen LogP contribution in [0.15, 0.2) is 0 Å². The molecule has 0 amide bonds. The van der Waals surface area contributed by atoms with Crippen molar-refractivity contribution in [1.29, 1.82) is 0 Å². The smallest absolute Gasteiger partial charge is 0.0933 e. The summed E-state index contributed by atoms with van der Waals surface area (Å²) in [7, 11) is 0. The van der Waals surface area contributed by atoms with E-state index in [9.17, 15) is 0 Å². The number of rotatable bonds is 2. The summed E-state index contributed by atoms with van der Waals surface area (Å²) in [5, 5.41) is 0. The van der Waals surface area contributed by atoms with Gasteiger partial charge in [-0.1, -0.05) is 6.42 Å². The van der Waals surface area contributed by atoms with Gasteiger partial charge in [-0.05, 0) is 0 Å². The minimum absolute atomic E-state index is 0. The molecule has 0 bridgehead atoms. The van der Waals surface area contributed by atoms with E-state index in [1.165, 1.54) is 6.29 Å². The Morgan fingerprint density at radius 2 is 2.17 bits per heavy atom. The Morgan fingerprint density at radius 3 is 2.17 bits per heavy atom. The standard InChI is InChI=1S/C3H3O2.V/c4-2-1-3-5;/h2H,1H2;/q-1;. The van der Waals surface area contributed by atoms with Gasteiger partial charge >= 0.3 is 0 Å². The molecular weight excluding hydrogens is 119 g/mol. The number of hydrogen-bond donors (Lipinski definition) is 0. The summed E-state index contributed by atoms with van der Waals surface area (Å²) in [5.41, 5.74) is 0. The van der Waals surface area contributed by atoms with Crippen LogP contribution < -0.4 is 0 Å². The van der Waals surface area contributed by atoms with Crippen LogP contribution in [0.25, 0.3) is 0 Å². The summed E-state index contributed by atoms with van der Waals surface area (Å²) in [6.45, 7) is 0.